The molecule has 150 valence electrons. The summed E-state index contributed by atoms with van der Waals surface area (Å²) in [6.07, 6.45) is 0.117. The van der Waals surface area contributed by atoms with Gasteiger partial charge in [0.05, 0.1) is 26.4 Å². The molecule has 3 aliphatic rings. The number of ether oxygens (including phenoxy) is 2. The first kappa shape index (κ1) is 19.2. The van der Waals surface area contributed by atoms with Gasteiger partial charge in [0.2, 0.25) is 5.91 Å². The number of amidine groups is 1. The SMILES string of the molecule is O=C(CC1SC(N2CCOCC2)=NC1=O)Nc1ccc(N2CCOCC2)cc1. The second kappa shape index (κ2) is 8.93. The molecule has 0 spiro atoms. The van der Waals surface area contributed by atoms with Gasteiger partial charge in [-0.2, -0.15) is 4.99 Å². The highest BCUT2D eigenvalue weighted by Gasteiger charge is 2.33. The second-order valence-electron chi connectivity index (χ2n) is 6.84. The lowest BCUT2D eigenvalue weighted by atomic mass is 10.2. The molecule has 0 radical (unpaired) electrons. The number of amides is 2. The van der Waals surface area contributed by atoms with E-state index in [1.807, 2.05) is 29.2 Å². The Kier molecular flexibility index (Phi) is 6.13. The third-order valence-corrected chi connectivity index (χ3v) is 6.12. The van der Waals surface area contributed by atoms with E-state index >= 15 is 0 Å². The zero-order valence-electron chi connectivity index (χ0n) is 15.6. The average molecular weight is 404 g/mol. The zero-order valence-corrected chi connectivity index (χ0v) is 16.5. The van der Waals surface area contributed by atoms with E-state index in [-0.39, 0.29) is 18.2 Å². The summed E-state index contributed by atoms with van der Waals surface area (Å²) in [4.78, 5) is 33.0. The Morgan fingerprint density at radius 1 is 1.04 bits per heavy atom. The van der Waals surface area contributed by atoms with E-state index in [4.69, 9.17) is 9.47 Å². The van der Waals surface area contributed by atoms with Crippen molar-refractivity contribution in [2.45, 2.75) is 11.7 Å². The van der Waals surface area contributed by atoms with Crippen LogP contribution < -0.4 is 10.2 Å². The lowest BCUT2D eigenvalue weighted by Crippen LogP contribution is -2.39. The van der Waals surface area contributed by atoms with Gasteiger partial charge in [0.1, 0.15) is 5.25 Å². The Balaban J connectivity index is 1.28. The van der Waals surface area contributed by atoms with Gasteiger partial charge < -0.3 is 24.6 Å². The lowest BCUT2D eigenvalue weighted by molar-refractivity contribution is -0.121. The van der Waals surface area contributed by atoms with E-state index in [1.165, 1.54) is 11.8 Å². The molecule has 1 N–H and O–H groups in total. The molecule has 1 atom stereocenters. The summed E-state index contributed by atoms with van der Waals surface area (Å²) in [5.74, 6) is -0.410. The van der Waals surface area contributed by atoms with Crippen LogP contribution in [0.1, 0.15) is 6.42 Å². The molecular weight excluding hydrogens is 380 g/mol. The molecule has 1 aromatic rings. The highest BCUT2D eigenvalue weighted by Crippen LogP contribution is 2.28. The summed E-state index contributed by atoms with van der Waals surface area (Å²) in [5, 5.41) is 3.14. The van der Waals surface area contributed by atoms with Crippen molar-refractivity contribution in [1.29, 1.82) is 0 Å². The van der Waals surface area contributed by atoms with Crippen molar-refractivity contribution in [3.63, 3.8) is 0 Å². The molecule has 1 aromatic carbocycles. The van der Waals surface area contributed by atoms with Gasteiger partial charge in [0.15, 0.2) is 5.17 Å². The smallest absolute Gasteiger partial charge is 0.262 e. The van der Waals surface area contributed by atoms with E-state index in [2.05, 4.69) is 15.2 Å². The van der Waals surface area contributed by atoms with Crippen molar-refractivity contribution in [3.05, 3.63) is 24.3 Å². The van der Waals surface area contributed by atoms with Gasteiger partial charge in [-0.15, -0.1) is 0 Å². The van der Waals surface area contributed by atoms with E-state index in [0.29, 0.717) is 18.4 Å². The topological polar surface area (TPSA) is 83.5 Å². The minimum atomic E-state index is -0.453. The Labute approximate surface area is 168 Å². The van der Waals surface area contributed by atoms with Gasteiger partial charge >= 0.3 is 0 Å². The molecule has 4 rings (SSSR count). The maximum Gasteiger partial charge on any atom is 0.262 e. The first-order valence-corrected chi connectivity index (χ1v) is 10.4. The first-order chi connectivity index (χ1) is 13.7. The normalized spacial score (nSPS) is 22.9. The number of aliphatic imine (C=N–C) groups is 1. The van der Waals surface area contributed by atoms with E-state index in [9.17, 15) is 9.59 Å². The number of hydrogen-bond donors (Lipinski definition) is 1. The number of anilines is 2. The number of thioether (sulfide) groups is 1. The van der Waals surface area contributed by atoms with Gasteiger partial charge in [-0.1, -0.05) is 11.8 Å². The van der Waals surface area contributed by atoms with Gasteiger partial charge in [0.25, 0.3) is 5.91 Å². The molecule has 9 heteroatoms. The average Bonchev–Trinajstić information content (AvgIpc) is 3.10. The van der Waals surface area contributed by atoms with E-state index in [1.54, 1.807) is 0 Å². The lowest BCUT2D eigenvalue weighted by Gasteiger charge is -2.28. The fraction of sp³-hybridized carbons (Fsp3) is 0.526. The van der Waals surface area contributed by atoms with Crippen LogP contribution in [0, 0.1) is 0 Å². The van der Waals surface area contributed by atoms with Crippen molar-refractivity contribution >= 4 is 40.1 Å². The molecule has 0 saturated carbocycles. The number of rotatable bonds is 4. The minimum absolute atomic E-state index is 0.117. The largest absolute Gasteiger partial charge is 0.378 e. The van der Waals surface area contributed by atoms with Crippen LogP contribution in [0.15, 0.2) is 29.3 Å². The van der Waals surface area contributed by atoms with Crippen LogP contribution in [-0.4, -0.2) is 79.7 Å². The second-order valence-corrected chi connectivity index (χ2v) is 8.01. The Bertz CT molecular complexity index is 743. The van der Waals surface area contributed by atoms with Crippen molar-refractivity contribution in [2.24, 2.45) is 4.99 Å². The number of nitrogens with one attached hydrogen (secondary N) is 1. The molecule has 0 bridgehead atoms. The number of carbonyl (C=O) groups excluding carboxylic acids is 2. The summed E-state index contributed by atoms with van der Waals surface area (Å²) in [6.45, 7) is 5.95. The van der Waals surface area contributed by atoms with Crippen LogP contribution in [0.3, 0.4) is 0 Å². The molecule has 0 aliphatic carbocycles. The van der Waals surface area contributed by atoms with Gasteiger partial charge in [-0.05, 0) is 24.3 Å². The van der Waals surface area contributed by atoms with Crippen LogP contribution in [0.4, 0.5) is 11.4 Å². The quantitative estimate of drug-likeness (QED) is 0.807. The number of morpholine rings is 2. The van der Waals surface area contributed by atoms with E-state index < -0.39 is 5.25 Å². The summed E-state index contributed by atoms with van der Waals surface area (Å²) in [5.41, 5.74) is 1.85. The molecule has 3 heterocycles. The molecule has 0 aromatic heterocycles. The highest BCUT2D eigenvalue weighted by molar-refractivity contribution is 8.15. The van der Waals surface area contributed by atoms with E-state index in [0.717, 1.165) is 50.8 Å². The van der Waals surface area contributed by atoms with Crippen molar-refractivity contribution < 1.29 is 19.1 Å². The van der Waals surface area contributed by atoms with Crippen LogP contribution >= 0.6 is 11.8 Å². The van der Waals surface area contributed by atoms with Gasteiger partial charge in [-0.25, -0.2) is 0 Å². The Morgan fingerprint density at radius 3 is 2.29 bits per heavy atom. The molecule has 1 unspecified atom stereocenters. The Hall–Kier alpha value is -2.10. The molecule has 28 heavy (non-hydrogen) atoms. The summed E-state index contributed by atoms with van der Waals surface area (Å²) in [6, 6.07) is 7.77. The van der Waals surface area contributed by atoms with Crippen LogP contribution in [0.25, 0.3) is 0 Å². The van der Waals surface area contributed by atoms with Gasteiger partial charge in [0, 0.05) is 44.0 Å². The maximum absolute atomic E-state index is 12.4. The monoisotopic (exact) mass is 404 g/mol. The van der Waals surface area contributed by atoms with Crippen LogP contribution in [0.5, 0.6) is 0 Å². The number of benzene rings is 1. The fourth-order valence-electron chi connectivity index (χ4n) is 3.36. The van der Waals surface area contributed by atoms with Crippen molar-refractivity contribution in [1.82, 2.24) is 4.90 Å². The zero-order chi connectivity index (χ0) is 19.3. The maximum atomic E-state index is 12.4. The summed E-state index contributed by atoms with van der Waals surface area (Å²) < 4.78 is 10.7. The van der Waals surface area contributed by atoms with Crippen molar-refractivity contribution in [2.75, 3.05) is 62.8 Å². The highest BCUT2D eigenvalue weighted by atomic mass is 32.2. The molecule has 8 nitrogen and oxygen atoms in total. The summed E-state index contributed by atoms with van der Waals surface area (Å²) in [7, 11) is 0. The third-order valence-electron chi connectivity index (χ3n) is 4.91. The summed E-state index contributed by atoms with van der Waals surface area (Å²) >= 11 is 1.38. The molecule has 3 aliphatic heterocycles. The van der Waals surface area contributed by atoms with Crippen LogP contribution in [-0.2, 0) is 19.1 Å². The standard InChI is InChI=1S/C19H24N4O4S/c24-17(13-16-18(25)21-19(28-16)23-7-11-27-12-8-23)20-14-1-3-15(4-2-14)22-5-9-26-10-6-22/h1-4,16H,5-13H2,(H,20,24). The Morgan fingerprint density at radius 2 is 1.64 bits per heavy atom. The minimum Gasteiger partial charge on any atom is -0.378 e. The van der Waals surface area contributed by atoms with Crippen LogP contribution in [0.2, 0.25) is 0 Å². The number of hydrogen-bond acceptors (Lipinski definition) is 7. The first-order valence-electron chi connectivity index (χ1n) is 9.53. The number of carbonyl (C=O) groups is 2. The predicted octanol–water partition coefficient (Wildman–Crippen LogP) is 1.18. The fourth-order valence-corrected chi connectivity index (χ4v) is 4.47. The number of nitrogens with zero attached hydrogens (tertiary/aromatic N) is 3. The molecule has 2 saturated heterocycles. The predicted molar refractivity (Wildman–Crippen MR) is 109 cm³/mol. The molecular formula is C19H24N4O4S. The third kappa shape index (κ3) is 4.65. The van der Waals surface area contributed by atoms with Gasteiger partial charge in [-0.3, -0.25) is 9.59 Å². The molecule has 2 amide bonds. The molecule has 2 fully saturated rings. The van der Waals surface area contributed by atoms with Crippen molar-refractivity contribution in [3.8, 4) is 0 Å².